The van der Waals surface area contributed by atoms with Crippen molar-refractivity contribution in [3.05, 3.63) is 79.7 Å². The molecular weight excluding hydrogens is 377 g/mol. The first-order valence-corrected chi connectivity index (χ1v) is 8.19. The van der Waals surface area contributed by atoms with Gasteiger partial charge >= 0.3 is 11.2 Å². The monoisotopic (exact) mass is 391 g/mol. The largest absolute Gasteiger partial charge is 0.494 e. The van der Waals surface area contributed by atoms with Crippen LogP contribution in [0.3, 0.4) is 0 Å². The van der Waals surface area contributed by atoms with Gasteiger partial charge in [-0.1, -0.05) is 29.8 Å². The van der Waals surface area contributed by atoms with E-state index in [0.29, 0.717) is 17.0 Å². The summed E-state index contributed by atoms with van der Waals surface area (Å²) < 4.78 is 25.9. The molecule has 0 saturated heterocycles. The van der Waals surface area contributed by atoms with E-state index in [1.807, 2.05) is 0 Å². The van der Waals surface area contributed by atoms with Crippen LogP contribution in [0.4, 0.5) is 4.39 Å². The smallest absolute Gasteiger partial charge is 0.352 e. The average Bonchev–Trinajstić information content (AvgIpc) is 2.68. The number of nitrogens with zero attached hydrogens (tertiary/aromatic N) is 3. The van der Waals surface area contributed by atoms with Crippen molar-refractivity contribution in [1.29, 1.82) is 0 Å². The van der Waals surface area contributed by atoms with Crippen LogP contribution in [0.15, 0.2) is 52.1 Å². The molecule has 0 aliphatic carbocycles. The van der Waals surface area contributed by atoms with Crippen LogP contribution in [-0.2, 0) is 6.54 Å². The van der Waals surface area contributed by atoms with Crippen molar-refractivity contribution in [2.45, 2.75) is 6.54 Å². The van der Waals surface area contributed by atoms with Crippen LogP contribution in [0.1, 0.15) is 5.56 Å². The van der Waals surface area contributed by atoms with Crippen molar-refractivity contribution < 1.29 is 13.9 Å². The van der Waals surface area contributed by atoms with Gasteiger partial charge in [0.2, 0.25) is 0 Å². The molecule has 7 nitrogen and oxygen atoms in total. The maximum Gasteiger partial charge on any atom is 0.352 e. The Bertz CT molecular complexity index is 1110. The van der Waals surface area contributed by atoms with Crippen molar-refractivity contribution in [2.24, 2.45) is 0 Å². The molecule has 0 saturated carbocycles. The highest BCUT2D eigenvalue weighted by Gasteiger charge is 2.17. The van der Waals surface area contributed by atoms with Crippen molar-refractivity contribution in [1.82, 2.24) is 14.3 Å². The Morgan fingerprint density at radius 1 is 1.11 bits per heavy atom. The maximum atomic E-state index is 13.7. The molecule has 0 bridgehead atoms. The predicted octanol–water partition coefficient (Wildman–Crippen LogP) is 2.25. The number of hydrogen-bond acceptors (Lipinski definition) is 5. The molecule has 3 aromatic rings. The molecule has 0 aliphatic heterocycles. The molecule has 0 N–H and O–H groups in total. The number of ether oxygens (including phenoxy) is 2. The molecule has 3 rings (SSSR count). The van der Waals surface area contributed by atoms with Crippen LogP contribution in [0, 0.1) is 5.82 Å². The lowest BCUT2D eigenvalue weighted by Gasteiger charge is -2.13. The molecule has 0 fully saturated rings. The molecule has 0 aliphatic rings. The van der Waals surface area contributed by atoms with Gasteiger partial charge in [-0.2, -0.15) is 4.68 Å². The van der Waals surface area contributed by atoms with Gasteiger partial charge in [0.1, 0.15) is 17.3 Å². The van der Waals surface area contributed by atoms with Gasteiger partial charge < -0.3 is 9.47 Å². The number of aromatic nitrogens is 3. The van der Waals surface area contributed by atoms with Crippen LogP contribution in [0.2, 0.25) is 5.02 Å². The second kappa shape index (κ2) is 7.63. The van der Waals surface area contributed by atoms with E-state index in [1.165, 1.54) is 26.4 Å². The van der Waals surface area contributed by atoms with Gasteiger partial charge in [-0.05, 0) is 29.8 Å². The SMILES string of the molecule is COc1ccccc1-n1nc(OC)c(=O)n(Cc2ccc(Cl)c(F)c2)c1=O. The zero-order valence-electron chi connectivity index (χ0n) is 14.5. The van der Waals surface area contributed by atoms with Crippen molar-refractivity contribution in [3.8, 4) is 17.3 Å². The van der Waals surface area contributed by atoms with Crippen LogP contribution in [0.5, 0.6) is 11.6 Å². The van der Waals surface area contributed by atoms with E-state index in [1.54, 1.807) is 24.3 Å². The number of para-hydroxylation sites is 2. The first-order chi connectivity index (χ1) is 13.0. The Kier molecular flexibility index (Phi) is 5.27. The molecule has 0 spiro atoms. The molecular formula is C18H15ClFN3O4. The number of hydrogen-bond donors (Lipinski definition) is 0. The molecule has 9 heteroatoms. The summed E-state index contributed by atoms with van der Waals surface area (Å²) in [5.74, 6) is -0.542. The predicted molar refractivity (Wildman–Crippen MR) is 97.7 cm³/mol. The second-order valence-corrected chi connectivity index (χ2v) is 5.92. The summed E-state index contributed by atoms with van der Waals surface area (Å²) in [5, 5.41) is 3.93. The lowest BCUT2D eigenvalue weighted by atomic mass is 10.2. The van der Waals surface area contributed by atoms with E-state index in [2.05, 4.69) is 5.10 Å². The fraction of sp³-hybridized carbons (Fsp3) is 0.167. The molecule has 1 heterocycles. The lowest BCUT2D eigenvalue weighted by molar-refractivity contribution is 0.364. The number of rotatable bonds is 5. The normalized spacial score (nSPS) is 10.7. The summed E-state index contributed by atoms with van der Waals surface area (Å²) >= 11 is 5.68. The summed E-state index contributed by atoms with van der Waals surface area (Å²) in [7, 11) is 2.72. The van der Waals surface area contributed by atoms with Gasteiger partial charge in [0.15, 0.2) is 0 Å². The van der Waals surface area contributed by atoms with E-state index in [9.17, 15) is 14.0 Å². The van der Waals surface area contributed by atoms with Gasteiger partial charge in [-0.15, -0.1) is 5.10 Å². The molecule has 27 heavy (non-hydrogen) atoms. The number of benzene rings is 2. The molecule has 0 unspecified atom stereocenters. The first-order valence-electron chi connectivity index (χ1n) is 7.81. The fourth-order valence-corrected chi connectivity index (χ4v) is 2.66. The number of methoxy groups -OCH3 is 2. The van der Waals surface area contributed by atoms with Gasteiger partial charge in [0.25, 0.3) is 5.88 Å². The van der Waals surface area contributed by atoms with Crippen LogP contribution in [0.25, 0.3) is 5.69 Å². The standard InChI is InChI=1S/C18H15ClFN3O4/c1-26-15-6-4-3-5-14(15)23-18(25)22(17(24)16(21-23)27-2)10-11-7-8-12(19)13(20)9-11/h3-9H,10H2,1-2H3. The molecule has 2 aromatic carbocycles. The quantitative estimate of drug-likeness (QED) is 0.667. The zero-order chi connectivity index (χ0) is 19.6. The molecule has 1 aromatic heterocycles. The Labute approximate surface area is 158 Å². The van der Waals surface area contributed by atoms with E-state index in [0.717, 1.165) is 15.3 Å². The molecule has 0 amide bonds. The van der Waals surface area contributed by atoms with Crippen molar-refractivity contribution in [2.75, 3.05) is 14.2 Å². The van der Waals surface area contributed by atoms with Crippen molar-refractivity contribution >= 4 is 11.6 Å². The fourth-order valence-electron chi connectivity index (χ4n) is 2.54. The summed E-state index contributed by atoms with van der Waals surface area (Å²) in [6.45, 7) is -0.181. The van der Waals surface area contributed by atoms with Crippen molar-refractivity contribution in [3.63, 3.8) is 0 Å². The molecule has 140 valence electrons. The Hall–Kier alpha value is -3.13. The highest BCUT2D eigenvalue weighted by atomic mass is 35.5. The summed E-state index contributed by atoms with van der Waals surface area (Å²) in [4.78, 5) is 25.4. The summed E-state index contributed by atoms with van der Waals surface area (Å²) in [6.07, 6.45) is 0. The molecule has 0 radical (unpaired) electrons. The van der Waals surface area contributed by atoms with Crippen LogP contribution < -0.4 is 20.7 Å². The maximum absolute atomic E-state index is 13.7. The zero-order valence-corrected chi connectivity index (χ0v) is 15.2. The average molecular weight is 392 g/mol. The van der Waals surface area contributed by atoms with Crippen LogP contribution >= 0.6 is 11.6 Å². The minimum absolute atomic E-state index is 0.0511. The summed E-state index contributed by atoms with van der Waals surface area (Å²) in [6, 6.07) is 10.7. The van der Waals surface area contributed by atoms with Gasteiger partial charge in [0, 0.05) is 0 Å². The Balaban J connectivity index is 2.20. The van der Waals surface area contributed by atoms with Gasteiger partial charge in [-0.25, -0.2) is 13.8 Å². The third-order valence-corrected chi connectivity index (χ3v) is 4.17. The minimum atomic E-state index is -0.732. The van der Waals surface area contributed by atoms with Gasteiger partial charge in [-0.3, -0.25) is 4.79 Å². The van der Waals surface area contributed by atoms with E-state index >= 15 is 0 Å². The highest BCUT2D eigenvalue weighted by Crippen LogP contribution is 2.20. The first kappa shape index (κ1) is 18.7. The van der Waals surface area contributed by atoms with Crippen LogP contribution in [-0.4, -0.2) is 28.6 Å². The van der Waals surface area contributed by atoms with E-state index in [-0.39, 0.29) is 17.4 Å². The minimum Gasteiger partial charge on any atom is -0.494 e. The summed E-state index contributed by atoms with van der Waals surface area (Å²) in [5.41, 5.74) is -0.736. The highest BCUT2D eigenvalue weighted by molar-refractivity contribution is 6.30. The Morgan fingerprint density at radius 2 is 1.85 bits per heavy atom. The van der Waals surface area contributed by atoms with E-state index in [4.69, 9.17) is 21.1 Å². The number of halogens is 2. The Morgan fingerprint density at radius 3 is 2.52 bits per heavy atom. The topological polar surface area (TPSA) is 75.3 Å². The van der Waals surface area contributed by atoms with Gasteiger partial charge in [0.05, 0.1) is 25.8 Å². The molecule has 0 atom stereocenters. The third-order valence-electron chi connectivity index (χ3n) is 3.86. The lowest BCUT2D eigenvalue weighted by Crippen LogP contribution is -2.41. The second-order valence-electron chi connectivity index (χ2n) is 5.52. The third kappa shape index (κ3) is 3.56. The van der Waals surface area contributed by atoms with E-state index < -0.39 is 17.1 Å².